The van der Waals surface area contributed by atoms with Crippen molar-refractivity contribution in [3.63, 3.8) is 0 Å². The molecule has 1 aromatic heterocycles. The van der Waals surface area contributed by atoms with Gasteiger partial charge in [0.05, 0.1) is 18.6 Å². The quantitative estimate of drug-likeness (QED) is 0.345. The third kappa shape index (κ3) is 6.72. The number of nitrogens with one attached hydrogen (secondary N) is 2. The van der Waals surface area contributed by atoms with Gasteiger partial charge in [-0.05, 0) is 41.3 Å². The molecule has 0 radical (unpaired) electrons. The predicted molar refractivity (Wildman–Crippen MR) is 147 cm³/mol. The zero-order valence-electron chi connectivity index (χ0n) is 22.2. The Balaban J connectivity index is 1.78. The molecule has 1 aliphatic rings. The standard InChI is InChI=1S/C27H32N6O5S/c1-27(2,3)18-10-12-19(13-11-18)39(34,35)33-23-22(38-21-9-6-5-8-20(21)36-4)26(37-17-14-28)32-25(31-23)24-29-15-7-16-30-24/h5-13,15-16,26,33H,14,17,28H2,1-4H3,(H,31,32). The summed E-state index contributed by atoms with van der Waals surface area (Å²) in [5.41, 5.74) is 6.56. The predicted octanol–water partition coefficient (Wildman–Crippen LogP) is 2.66. The molecule has 0 fully saturated rings. The second-order valence-corrected chi connectivity index (χ2v) is 11.2. The maximum Gasteiger partial charge on any atom is 0.263 e. The third-order valence-electron chi connectivity index (χ3n) is 5.69. The zero-order valence-corrected chi connectivity index (χ0v) is 23.0. The highest BCUT2D eigenvalue weighted by molar-refractivity contribution is 7.89. The molecular weight excluding hydrogens is 520 g/mol. The van der Waals surface area contributed by atoms with Gasteiger partial charge in [0.2, 0.25) is 6.23 Å². The van der Waals surface area contributed by atoms with Crippen LogP contribution in [0.4, 0.5) is 0 Å². The van der Waals surface area contributed by atoms with E-state index in [1.54, 1.807) is 67.0 Å². The summed E-state index contributed by atoms with van der Waals surface area (Å²) in [7, 11) is -2.56. The third-order valence-corrected chi connectivity index (χ3v) is 7.05. The van der Waals surface area contributed by atoms with Crippen molar-refractivity contribution in [2.75, 3.05) is 20.3 Å². The number of benzene rings is 2. The van der Waals surface area contributed by atoms with Crippen LogP contribution >= 0.6 is 0 Å². The first-order chi connectivity index (χ1) is 18.6. The summed E-state index contributed by atoms with van der Waals surface area (Å²) in [4.78, 5) is 13.1. The number of hydrogen-bond acceptors (Lipinski definition) is 10. The maximum absolute atomic E-state index is 13.5. The van der Waals surface area contributed by atoms with Crippen molar-refractivity contribution in [2.45, 2.75) is 37.3 Å². The van der Waals surface area contributed by atoms with Gasteiger partial charge < -0.3 is 25.3 Å². The lowest BCUT2D eigenvalue weighted by atomic mass is 9.87. The van der Waals surface area contributed by atoms with Crippen LogP contribution in [0.3, 0.4) is 0 Å². The van der Waals surface area contributed by atoms with Crippen molar-refractivity contribution in [3.8, 4) is 11.5 Å². The van der Waals surface area contributed by atoms with Crippen LogP contribution in [0.25, 0.3) is 0 Å². The Morgan fingerprint density at radius 3 is 2.28 bits per heavy atom. The SMILES string of the molecule is COc1ccccc1OC1=C(NS(=O)(=O)c2ccc(C(C)(C)C)cc2)NC(c2ncccn2)=NC1OCCN. The van der Waals surface area contributed by atoms with Gasteiger partial charge in [-0.2, -0.15) is 0 Å². The fraction of sp³-hybridized carbons (Fsp3) is 0.296. The lowest BCUT2D eigenvalue weighted by Gasteiger charge is -2.28. The molecule has 0 spiro atoms. The van der Waals surface area contributed by atoms with E-state index in [4.69, 9.17) is 19.9 Å². The number of methoxy groups -OCH3 is 1. The van der Waals surface area contributed by atoms with E-state index in [0.717, 1.165) is 5.56 Å². The van der Waals surface area contributed by atoms with E-state index in [2.05, 4.69) is 45.8 Å². The van der Waals surface area contributed by atoms with Crippen molar-refractivity contribution in [3.05, 3.63) is 90.0 Å². The maximum atomic E-state index is 13.5. The van der Waals surface area contributed by atoms with Gasteiger partial charge in [0.25, 0.3) is 10.0 Å². The van der Waals surface area contributed by atoms with Gasteiger partial charge in [-0.15, -0.1) is 0 Å². The fourth-order valence-corrected chi connectivity index (χ4v) is 4.70. The van der Waals surface area contributed by atoms with E-state index >= 15 is 0 Å². The average Bonchev–Trinajstić information content (AvgIpc) is 2.93. The number of sulfonamides is 1. The molecule has 2 aromatic carbocycles. The highest BCUT2D eigenvalue weighted by Gasteiger charge is 2.32. The average molecular weight is 553 g/mol. The molecular formula is C27H32N6O5S. The van der Waals surface area contributed by atoms with Crippen LogP contribution in [0.5, 0.6) is 11.5 Å². The number of ether oxygens (including phenoxy) is 3. The minimum atomic E-state index is -4.07. The summed E-state index contributed by atoms with van der Waals surface area (Å²) in [6.07, 6.45) is 2.03. The topological polar surface area (TPSA) is 150 Å². The minimum absolute atomic E-state index is 0.0136. The molecule has 0 bridgehead atoms. The van der Waals surface area contributed by atoms with E-state index in [-0.39, 0.29) is 46.7 Å². The highest BCUT2D eigenvalue weighted by Crippen LogP contribution is 2.31. The van der Waals surface area contributed by atoms with Gasteiger partial charge in [-0.25, -0.2) is 23.4 Å². The van der Waals surface area contributed by atoms with Gasteiger partial charge in [0.15, 0.2) is 34.7 Å². The summed E-state index contributed by atoms with van der Waals surface area (Å²) in [6, 6.07) is 15.3. The van der Waals surface area contributed by atoms with Crippen LogP contribution in [-0.4, -0.2) is 50.7 Å². The number of nitrogens with zero attached hydrogens (tertiary/aromatic N) is 3. The van der Waals surface area contributed by atoms with Gasteiger partial charge in [-0.1, -0.05) is 45.0 Å². The number of hydrogen-bond donors (Lipinski definition) is 3. The number of para-hydroxylation sites is 2. The van der Waals surface area contributed by atoms with E-state index in [0.29, 0.717) is 11.5 Å². The zero-order chi connectivity index (χ0) is 28.0. The molecule has 0 saturated heterocycles. The van der Waals surface area contributed by atoms with Gasteiger partial charge >= 0.3 is 0 Å². The van der Waals surface area contributed by atoms with Crippen LogP contribution in [0.1, 0.15) is 32.2 Å². The molecule has 4 rings (SSSR count). The summed E-state index contributed by atoms with van der Waals surface area (Å²) in [5.74, 6) is 1.23. The van der Waals surface area contributed by atoms with Gasteiger partial charge in [0.1, 0.15) is 0 Å². The smallest absolute Gasteiger partial charge is 0.263 e. The first-order valence-corrected chi connectivity index (χ1v) is 13.7. The van der Waals surface area contributed by atoms with Crippen LogP contribution in [0.2, 0.25) is 0 Å². The lowest BCUT2D eigenvalue weighted by molar-refractivity contribution is 0.0600. The Labute approximate surface area is 228 Å². The first-order valence-electron chi connectivity index (χ1n) is 12.2. The second kappa shape index (κ2) is 11.8. The second-order valence-electron chi connectivity index (χ2n) is 9.56. The van der Waals surface area contributed by atoms with Gasteiger partial charge in [-0.3, -0.25) is 4.72 Å². The number of aromatic nitrogens is 2. The van der Waals surface area contributed by atoms with Crippen LogP contribution < -0.4 is 25.2 Å². The summed E-state index contributed by atoms with van der Waals surface area (Å²) >= 11 is 0. The molecule has 3 aromatic rings. The minimum Gasteiger partial charge on any atom is -0.493 e. The Morgan fingerprint density at radius 2 is 1.67 bits per heavy atom. The molecule has 2 heterocycles. The number of aliphatic imine (C=N–C) groups is 1. The van der Waals surface area contributed by atoms with Crippen molar-refractivity contribution < 1.29 is 22.6 Å². The molecule has 4 N–H and O–H groups in total. The lowest BCUT2D eigenvalue weighted by Crippen LogP contribution is -2.44. The Morgan fingerprint density at radius 1 is 1.00 bits per heavy atom. The monoisotopic (exact) mass is 552 g/mol. The molecule has 1 atom stereocenters. The fourth-order valence-electron chi connectivity index (χ4n) is 3.67. The van der Waals surface area contributed by atoms with E-state index in [1.165, 1.54) is 7.11 Å². The molecule has 0 saturated carbocycles. The van der Waals surface area contributed by atoms with Crippen molar-refractivity contribution in [2.24, 2.45) is 10.7 Å². The Hall–Kier alpha value is -4.00. The number of rotatable bonds is 10. The summed E-state index contributed by atoms with van der Waals surface area (Å²) in [6.45, 7) is 6.51. The molecule has 0 aliphatic carbocycles. The molecule has 12 heteroatoms. The highest BCUT2D eigenvalue weighted by atomic mass is 32.2. The van der Waals surface area contributed by atoms with Crippen molar-refractivity contribution in [1.29, 1.82) is 0 Å². The van der Waals surface area contributed by atoms with Gasteiger partial charge in [0, 0.05) is 18.9 Å². The Kier molecular flexibility index (Phi) is 8.48. The normalized spacial score (nSPS) is 15.8. The van der Waals surface area contributed by atoms with Crippen LogP contribution in [0, 0.1) is 0 Å². The molecule has 1 unspecified atom stereocenters. The molecule has 39 heavy (non-hydrogen) atoms. The summed E-state index contributed by atoms with van der Waals surface area (Å²) < 4.78 is 47.2. The largest absolute Gasteiger partial charge is 0.493 e. The summed E-state index contributed by atoms with van der Waals surface area (Å²) in [5, 5.41) is 2.98. The van der Waals surface area contributed by atoms with Crippen LogP contribution in [0.15, 0.2) is 88.5 Å². The number of amidine groups is 1. The molecule has 0 amide bonds. The van der Waals surface area contributed by atoms with E-state index in [9.17, 15) is 8.42 Å². The molecule has 206 valence electrons. The Bertz CT molecular complexity index is 1450. The van der Waals surface area contributed by atoms with Crippen molar-refractivity contribution in [1.82, 2.24) is 20.0 Å². The van der Waals surface area contributed by atoms with E-state index in [1.807, 2.05) is 0 Å². The van der Waals surface area contributed by atoms with Crippen molar-refractivity contribution >= 4 is 15.9 Å². The first kappa shape index (κ1) is 28.0. The molecule has 11 nitrogen and oxygen atoms in total. The van der Waals surface area contributed by atoms with Crippen LogP contribution in [-0.2, 0) is 20.2 Å². The molecule has 1 aliphatic heterocycles. The van der Waals surface area contributed by atoms with E-state index < -0.39 is 16.3 Å². The number of nitrogens with two attached hydrogens (primary N) is 1.